The molecule has 0 amide bonds. The average molecular weight is 273 g/mol. The number of anilines is 1. The lowest BCUT2D eigenvalue weighted by Crippen LogP contribution is -2.04. The molecule has 20 heavy (non-hydrogen) atoms. The van der Waals surface area contributed by atoms with Crippen LogP contribution in [0.25, 0.3) is 11.4 Å². The van der Waals surface area contributed by atoms with Crippen LogP contribution >= 0.6 is 0 Å². The highest BCUT2D eigenvalue weighted by Crippen LogP contribution is 2.34. The SMILES string of the molecule is CNc1nc(-c2c(C)nn(C)c2OC)nc2c1CCC2. The predicted octanol–water partition coefficient (Wildman–Crippen LogP) is 1.72. The van der Waals surface area contributed by atoms with Crippen molar-refractivity contribution < 1.29 is 4.74 Å². The maximum absolute atomic E-state index is 5.44. The second kappa shape index (κ2) is 4.77. The number of ether oxygens (including phenoxy) is 1. The molecule has 1 aliphatic rings. The zero-order valence-corrected chi connectivity index (χ0v) is 12.3. The van der Waals surface area contributed by atoms with Gasteiger partial charge < -0.3 is 10.1 Å². The number of fused-ring (bicyclic) bond motifs is 1. The Balaban J connectivity index is 2.21. The van der Waals surface area contributed by atoms with Crippen molar-refractivity contribution in [3.63, 3.8) is 0 Å². The summed E-state index contributed by atoms with van der Waals surface area (Å²) in [5.41, 5.74) is 4.15. The van der Waals surface area contributed by atoms with Crippen molar-refractivity contribution in [3.8, 4) is 17.3 Å². The van der Waals surface area contributed by atoms with Gasteiger partial charge in [-0.2, -0.15) is 5.10 Å². The Hall–Kier alpha value is -2.11. The van der Waals surface area contributed by atoms with Crippen molar-refractivity contribution in [2.45, 2.75) is 26.2 Å². The fraction of sp³-hybridized carbons (Fsp3) is 0.500. The summed E-state index contributed by atoms with van der Waals surface area (Å²) in [7, 11) is 5.41. The maximum Gasteiger partial charge on any atom is 0.222 e. The van der Waals surface area contributed by atoms with Gasteiger partial charge in [0.2, 0.25) is 5.88 Å². The molecule has 6 heteroatoms. The van der Waals surface area contributed by atoms with Crippen LogP contribution in [0, 0.1) is 6.92 Å². The zero-order chi connectivity index (χ0) is 14.3. The lowest BCUT2D eigenvalue weighted by Gasteiger charge is -2.10. The highest BCUT2D eigenvalue weighted by Gasteiger charge is 2.23. The van der Waals surface area contributed by atoms with Gasteiger partial charge in [-0.3, -0.25) is 0 Å². The van der Waals surface area contributed by atoms with Crippen molar-refractivity contribution in [3.05, 3.63) is 17.0 Å². The van der Waals surface area contributed by atoms with Crippen molar-refractivity contribution in [2.75, 3.05) is 19.5 Å². The van der Waals surface area contributed by atoms with Crippen LogP contribution < -0.4 is 10.1 Å². The normalized spacial score (nSPS) is 13.4. The van der Waals surface area contributed by atoms with E-state index >= 15 is 0 Å². The quantitative estimate of drug-likeness (QED) is 0.922. The molecule has 0 aromatic carbocycles. The molecule has 0 radical (unpaired) electrons. The largest absolute Gasteiger partial charge is 0.481 e. The molecular weight excluding hydrogens is 254 g/mol. The van der Waals surface area contributed by atoms with Crippen LogP contribution in [0.15, 0.2) is 0 Å². The molecule has 2 aromatic heterocycles. The first-order valence-electron chi connectivity index (χ1n) is 6.81. The van der Waals surface area contributed by atoms with E-state index in [1.807, 2.05) is 21.0 Å². The van der Waals surface area contributed by atoms with Gasteiger partial charge in [0.1, 0.15) is 11.4 Å². The number of methoxy groups -OCH3 is 1. The zero-order valence-electron chi connectivity index (χ0n) is 12.3. The first-order valence-corrected chi connectivity index (χ1v) is 6.81. The Labute approximate surface area is 118 Å². The van der Waals surface area contributed by atoms with Crippen molar-refractivity contribution in [1.82, 2.24) is 19.7 Å². The first kappa shape index (κ1) is 12.9. The Kier molecular flexibility index (Phi) is 3.08. The monoisotopic (exact) mass is 273 g/mol. The summed E-state index contributed by atoms with van der Waals surface area (Å²) in [6.45, 7) is 1.95. The first-order chi connectivity index (χ1) is 9.65. The number of aromatic nitrogens is 4. The number of nitrogens with one attached hydrogen (secondary N) is 1. The number of hydrogen-bond donors (Lipinski definition) is 1. The minimum absolute atomic E-state index is 0.692. The Morgan fingerprint density at radius 1 is 1.25 bits per heavy atom. The van der Waals surface area contributed by atoms with E-state index in [4.69, 9.17) is 9.72 Å². The number of aryl methyl sites for hydroxylation is 3. The molecule has 0 unspecified atom stereocenters. The molecule has 2 heterocycles. The third-order valence-corrected chi connectivity index (χ3v) is 3.76. The van der Waals surface area contributed by atoms with Gasteiger partial charge in [-0.05, 0) is 26.2 Å². The van der Waals surface area contributed by atoms with Crippen LogP contribution in [0.3, 0.4) is 0 Å². The van der Waals surface area contributed by atoms with Crippen LogP contribution in [0.4, 0.5) is 5.82 Å². The van der Waals surface area contributed by atoms with Gasteiger partial charge in [-0.15, -0.1) is 0 Å². The molecule has 0 saturated heterocycles. The molecular formula is C14H19N5O. The van der Waals surface area contributed by atoms with E-state index in [1.54, 1.807) is 11.8 Å². The highest BCUT2D eigenvalue weighted by atomic mass is 16.5. The molecule has 0 aliphatic heterocycles. The molecule has 0 spiro atoms. The van der Waals surface area contributed by atoms with E-state index in [-0.39, 0.29) is 0 Å². The molecule has 3 rings (SSSR count). The summed E-state index contributed by atoms with van der Waals surface area (Å²) < 4.78 is 7.17. The van der Waals surface area contributed by atoms with Crippen LogP contribution in [-0.2, 0) is 19.9 Å². The molecule has 1 aliphatic carbocycles. The van der Waals surface area contributed by atoms with E-state index in [2.05, 4.69) is 15.4 Å². The molecule has 6 nitrogen and oxygen atoms in total. The van der Waals surface area contributed by atoms with Crippen LogP contribution in [-0.4, -0.2) is 33.9 Å². The van der Waals surface area contributed by atoms with E-state index in [9.17, 15) is 0 Å². The second-order valence-electron chi connectivity index (χ2n) is 5.02. The summed E-state index contributed by atoms with van der Waals surface area (Å²) in [4.78, 5) is 9.39. The summed E-state index contributed by atoms with van der Waals surface area (Å²) in [5, 5.41) is 7.58. The Bertz CT molecular complexity index is 662. The van der Waals surface area contributed by atoms with Crippen LogP contribution in [0.2, 0.25) is 0 Å². The average Bonchev–Trinajstić information content (AvgIpc) is 3.00. The van der Waals surface area contributed by atoms with Crippen LogP contribution in [0.5, 0.6) is 5.88 Å². The van der Waals surface area contributed by atoms with Crippen molar-refractivity contribution in [1.29, 1.82) is 0 Å². The van der Waals surface area contributed by atoms with E-state index in [0.29, 0.717) is 11.7 Å². The number of hydrogen-bond acceptors (Lipinski definition) is 5. The van der Waals surface area contributed by atoms with Gasteiger partial charge in [0.05, 0.1) is 12.8 Å². The van der Waals surface area contributed by atoms with Gasteiger partial charge in [0, 0.05) is 25.4 Å². The molecule has 2 aromatic rings. The Morgan fingerprint density at radius 3 is 2.75 bits per heavy atom. The minimum Gasteiger partial charge on any atom is -0.481 e. The predicted molar refractivity (Wildman–Crippen MR) is 77.1 cm³/mol. The Morgan fingerprint density at radius 2 is 2.05 bits per heavy atom. The molecule has 0 bridgehead atoms. The summed E-state index contributed by atoms with van der Waals surface area (Å²) in [5.74, 6) is 2.31. The fourth-order valence-electron chi connectivity index (χ4n) is 2.88. The third kappa shape index (κ3) is 1.83. The second-order valence-corrected chi connectivity index (χ2v) is 5.02. The minimum atomic E-state index is 0.692. The van der Waals surface area contributed by atoms with E-state index in [0.717, 1.165) is 42.0 Å². The smallest absolute Gasteiger partial charge is 0.222 e. The van der Waals surface area contributed by atoms with Gasteiger partial charge in [-0.1, -0.05) is 0 Å². The fourth-order valence-corrected chi connectivity index (χ4v) is 2.88. The number of rotatable bonds is 3. The van der Waals surface area contributed by atoms with E-state index < -0.39 is 0 Å². The number of nitrogens with zero attached hydrogens (tertiary/aromatic N) is 4. The molecule has 0 saturated carbocycles. The van der Waals surface area contributed by atoms with Crippen molar-refractivity contribution in [2.24, 2.45) is 7.05 Å². The van der Waals surface area contributed by atoms with Gasteiger partial charge in [0.25, 0.3) is 0 Å². The lowest BCUT2D eigenvalue weighted by molar-refractivity contribution is 0.374. The van der Waals surface area contributed by atoms with Gasteiger partial charge in [-0.25, -0.2) is 14.6 Å². The molecule has 0 atom stereocenters. The topological polar surface area (TPSA) is 64.9 Å². The molecule has 1 N–H and O–H groups in total. The van der Waals surface area contributed by atoms with Crippen molar-refractivity contribution >= 4 is 5.82 Å². The molecule has 106 valence electrons. The maximum atomic E-state index is 5.44. The lowest BCUT2D eigenvalue weighted by atomic mass is 10.2. The highest BCUT2D eigenvalue weighted by molar-refractivity contribution is 5.67. The van der Waals surface area contributed by atoms with Crippen LogP contribution in [0.1, 0.15) is 23.4 Å². The molecule has 0 fully saturated rings. The van der Waals surface area contributed by atoms with E-state index in [1.165, 1.54) is 5.56 Å². The van der Waals surface area contributed by atoms with Gasteiger partial charge >= 0.3 is 0 Å². The van der Waals surface area contributed by atoms with Gasteiger partial charge in [0.15, 0.2) is 5.82 Å². The summed E-state index contributed by atoms with van der Waals surface area (Å²) in [6.07, 6.45) is 3.21. The summed E-state index contributed by atoms with van der Waals surface area (Å²) in [6, 6.07) is 0. The summed E-state index contributed by atoms with van der Waals surface area (Å²) >= 11 is 0. The standard InChI is InChI=1S/C14H19N5O/c1-8-11(14(20-4)19(3)18-8)13-16-10-7-5-6-9(10)12(15-2)17-13/h5-7H2,1-4H3,(H,15,16,17). The third-order valence-electron chi connectivity index (χ3n) is 3.76.